The van der Waals surface area contributed by atoms with Crippen molar-refractivity contribution in [2.24, 2.45) is 7.05 Å². The lowest BCUT2D eigenvalue weighted by Gasteiger charge is -2.19. The predicted octanol–water partition coefficient (Wildman–Crippen LogP) is 2.99. The molecule has 1 aromatic heterocycles. The van der Waals surface area contributed by atoms with E-state index in [1.54, 1.807) is 4.68 Å². The van der Waals surface area contributed by atoms with Crippen molar-refractivity contribution < 1.29 is 5.11 Å². The van der Waals surface area contributed by atoms with Gasteiger partial charge in [0.15, 0.2) is 0 Å². The fraction of sp³-hybridized carbons (Fsp3) is 0.438. The van der Waals surface area contributed by atoms with Gasteiger partial charge in [0.05, 0.1) is 5.69 Å². The van der Waals surface area contributed by atoms with Crippen molar-refractivity contribution in [1.29, 1.82) is 0 Å². The fourth-order valence-electron chi connectivity index (χ4n) is 2.08. The molecule has 0 radical (unpaired) electrons. The monoisotopic (exact) mass is 258 g/mol. The Balaban J connectivity index is 2.07. The maximum atomic E-state index is 10.1. The minimum Gasteiger partial charge on any atom is -0.386 e. The molecule has 2 aromatic rings. The first-order chi connectivity index (χ1) is 8.86. The van der Waals surface area contributed by atoms with E-state index in [2.05, 4.69) is 50.1 Å². The SMILES string of the molecule is Cn1ccc(C(O)Cc2ccc(C(C)(C)C)cc2)n1. The van der Waals surface area contributed by atoms with Crippen LogP contribution in [-0.4, -0.2) is 14.9 Å². The van der Waals surface area contributed by atoms with Crippen molar-refractivity contribution in [3.63, 3.8) is 0 Å². The van der Waals surface area contributed by atoms with Crippen molar-refractivity contribution in [3.05, 3.63) is 53.3 Å². The molecule has 1 unspecified atom stereocenters. The lowest BCUT2D eigenvalue weighted by Crippen LogP contribution is -2.11. The standard InChI is InChI=1S/C16H22N2O/c1-16(2,3)13-7-5-12(6-8-13)11-15(19)14-9-10-18(4)17-14/h5-10,15,19H,11H2,1-4H3. The van der Waals surface area contributed by atoms with E-state index < -0.39 is 6.10 Å². The molecule has 1 heterocycles. The Morgan fingerprint density at radius 3 is 2.26 bits per heavy atom. The summed E-state index contributed by atoms with van der Waals surface area (Å²) in [5.74, 6) is 0. The number of hydrogen-bond acceptors (Lipinski definition) is 2. The second-order valence-electron chi connectivity index (χ2n) is 6.08. The second kappa shape index (κ2) is 5.17. The van der Waals surface area contributed by atoms with Crippen molar-refractivity contribution in [3.8, 4) is 0 Å². The van der Waals surface area contributed by atoms with Crippen LogP contribution in [0.4, 0.5) is 0 Å². The van der Waals surface area contributed by atoms with E-state index in [1.807, 2.05) is 19.3 Å². The van der Waals surface area contributed by atoms with E-state index in [1.165, 1.54) is 5.56 Å². The molecule has 1 atom stereocenters. The Hall–Kier alpha value is -1.61. The maximum absolute atomic E-state index is 10.1. The van der Waals surface area contributed by atoms with Crippen molar-refractivity contribution >= 4 is 0 Å². The van der Waals surface area contributed by atoms with Crippen LogP contribution in [0.25, 0.3) is 0 Å². The highest BCUT2D eigenvalue weighted by molar-refractivity contribution is 5.28. The zero-order chi connectivity index (χ0) is 14.0. The average Bonchev–Trinajstić information content (AvgIpc) is 2.75. The number of rotatable bonds is 3. The number of nitrogens with zero attached hydrogens (tertiary/aromatic N) is 2. The van der Waals surface area contributed by atoms with Crippen LogP contribution < -0.4 is 0 Å². The predicted molar refractivity (Wildman–Crippen MR) is 77.0 cm³/mol. The Kier molecular flexibility index (Phi) is 3.76. The van der Waals surface area contributed by atoms with Gasteiger partial charge in [-0.15, -0.1) is 0 Å². The molecular formula is C16H22N2O. The molecule has 2 rings (SSSR count). The van der Waals surface area contributed by atoms with Crippen LogP contribution >= 0.6 is 0 Å². The molecule has 3 heteroatoms. The van der Waals surface area contributed by atoms with Crippen molar-refractivity contribution in [2.75, 3.05) is 0 Å². The van der Waals surface area contributed by atoms with Crippen LogP contribution in [0.2, 0.25) is 0 Å². The van der Waals surface area contributed by atoms with Gasteiger partial charge in [0.25, 0.3) is 0 Å². The van der Waals surface area contributed by atoms with Crippen LogP contribution in [0.15, 0.2) is 36.5 Å². The summed E-state index contributed by atoms with van der Waals surface area (Å²) >= 11 is 0. The van der Waals surface area contributed by atoms with Gasteiger partial charge in [0, 0.05) is 19.7 Å². The van der Waals surface area contributed by atoms with Gasteiger partial charge in [-0.2, -0.15) is 5.10 Å². The molecule has 0 bridgehead atoms. The molecule has 0 aliphatic heterocycles. The summed E-state index contributed by atoms with van der Waals surface area (Å²) < 4.78 is 1.71. The van der Waals surface area contributed by atoms with Gasteiger partial charge in [-0.3, -0.25) is 4.68 Å². The van der Waals surface area contributed by atoms with Crippen LogP contribution in [0.1, 0.15) is 43.7 Å². The number of aliphatic hydroxyl groups excluding tert-OH is 1. The molecule has 0 aliphatic rings. The molecule has 0 saturated carbocycles. The van der Waals surface area contributed by atoms with E-state index in [9.17, 15) is 5.11 Å². The molecule has 19 heavy (non-hydrogen) atoms. The third kappa shape index (κ3) is 3.44. The molecule has 102 valence electrons. The summed E-state index contributed by atoms with van der Waals surface area (Å²) in [7, 11) is 1.86. The van der Waals surface area contributed by atoms with Gasteiger partial charge in [0.1, 0.15) is 6.10 Å². The maximum Gasteiger partial charge on any atom is 0.102 e. The van der Waals surface area contributed by atoms with Gasteiger partial charge in [-0.05, 0) is 22.6 Å². The van der Waals surface area contributed by atoms with E-state index in [4.69, 9.17) is 0 Å². The quantitative estimate of drug-likeness (QED) is 0.919. The Morgan fingerprint density at radius 1 is 1.16 bits per heavy atom. The van der Waals surface area contributed by atoms with E-state index >= 15 is 0 Å². The number of benzene rings is 1. The third-order valence-corrected chi connectivity index (χ3v) is 3.32. The smallest absolute Gasteiger partial charge is 0.102 e. The van der Waals surface area contributed by atoms with Crippen LogP contribution in [0, 0.1) is 0 Å². The van der Waals surface area contributed by atoms with Crippen LogP contribution in [-0.2, 0) is 18.9 Å². The van der Waals surface area contributed by atoms with Gasteiger partial charge in [0.2, 0.25) is 0 Å². The molecule has 3 nitrogen and oxygen atoms in total. The first-order valence-corrected chi connectivity index (χ1v) is 6.63. The van der Waals surface area contributed by atoms with Crippen molar-refractivity contribution in [1.82, 2.24) is 9.78 Å². The lowest BCUT2D eigenvalue weighted by molar-refractivity contribution is 0.172. The average molecular weight is 258 g/mol. The van der Waals surface area contributed by atoms with Gasteiger partial charge < -0.3 is 5.11 Å². The van der Waals surface area contributed by atoms with Gasteiger partial charge >= 0.3 is 0 Å². The fourth-order valence-corrected chi connectivity index (χ4v) is 2.08. The summed E-state index contributed by atoms with van der Waals surface area (Å²) in [6.45, 7) is 6.60. The zero-order valence-electron chi connectivity index (χ0n) is 12.1. The van der Waals surface area contributed by atoms with Crippen LogP contribution in [0.5, 0.6) is 0 Å². The number of aliphatic hydroxyl groups is 1. The highest BCUT2D eigenvalue weighted by Crippen LogP contribution is 2.23. The normalized spacial score (nSPS) is 13.5. The first-order valence-electron chi connectivity index (χ1n) is 6.63. The third-order valence-electron chi connectivity index (χ3n) is 3.32. The molecule has 0 amide bonds. The Bertz CT molecular complexity index is 535. The molecule has 1 aromatic carbocycles. The molecule has 1 N–H and O–H groups in total. The topological polar surface area (TPSA) is 38.0 Å². The summed E-state index contributed by atoms with van der Waals surface area (Å²) in [6.07, 6.45) is 1.91. The molecule has 0 fully saturated rings. The summed E-state index contributed by atoms with van der Waals surface area (Å²) in [5, 5.41) is 14.4. The second-order valence-corrected chi connectivity index (χ2v) is 6.08. The van der Waals surface area contributed by atoms with Crippen LogP contribution in [0.3, 0.4) is 0 Å². The minimum atomic E-state index is -0.540. The van der Waals surface area contributed by atoms with Crippen molar-refractivity contribution in [2.45, 2.75) is 38.7 Å². The Labute approximate surface area is 114 Å². The number of aryl methyl sites for hydroxylation is 1. The Morgan fingerprint density at radius 2 is 1.79 bits per heavy atom. The summed E-state index contributed by atoms with van der Waals surface area (Å²) in [4.78, 5) is 0. The van der Waals surface area contributed by atoms with E-state index in [0.717, 1.165) is 11.3 Å². The molecule has 0 spiro atoms. The zero-order valence-corrected chi connectivity index (χ0v) is 12.1. The summed E-state index contributed by atoms with van der Waals surface area (Å²) in [5.41, 5.74) is 3.33. The largest absolute Gasteiger partial charge is 0.386 e. The first kappa shape index (κ1) is 13.8. The lowest BCUT2D eigenvalue weighted by atomic mass is 9.86. The highest BCUT2D eigenvalue weighted by Gasteiger charge is 2.14. The van der Waals surface area contributed by atoms with E-state index in [-0.39, 0.29) is 5.41 Å². The summed E-state index contributed by atoms with van der Waals surface area (Å²) in [6, 6.07) is 10.3. The van der Waals surface area contributed by atoms with Gasteiger partial charge in [-0.1, -0.05) is 45.0 Å². The molecular weight excluding hydrogens is 236 g/mol. The highest BCUT2D eigenvalue weighted by atomic mass is 16.3. The minimum absolute atomic E-state index is 0.165. The number of hydrogen-bond donors (Lipinski definition) is 1. The molecule has 0 aliphatic carbocycles. The van der Waals surface area contributed by atoms with E-state index in [0.29, 0.717) is 6.42 Å². The van der Waals surface area contributed by atoms with Gasteiger partial charge in [-0.25, -0.2) is 0 Å². The number of aromatic nitrogens is 2. The molecule has 0 saturated heterocycles.